The Kier molecular flexibility index (Phi) is 4.60. The van der Waals surface area contributed by atoms with Crippen molar-refractivity contribution >= 4 is 17.8 Å². The third-order valence-corrected chi connectivity index (χ3v) is 5.75. The Bertz CT molecular complexity index is 499. The monoisotopic (exact) mass is 321 g/mol. The summed E-state index contributed by atoms with van der Waals surface area (Å²) in [5, 5.41) is 2.91. The summed E-state index contributed by atoms with van der Waals surface area (Å²) in [5.74, 6) is -0.167. The molecular formula is C17H27N3O3. The first-order valence-corrected chi connectivity index (χ1v) is 8.96. The fourth-order valence-corrected chi connectivity index (χ4v) is 4.19. The first-order valence-electron chi connectivity index (χ1n) is 8.96. The van der Waals surface area contributed by atoms with Crippen molar-refractivity contribution in [2.75, 3.05) is 19.6 Å². The van der Waals surface area contributed by atoms with E-state index in [9.17, 15) is 14.4 Å². The van der Waals surface area contributed by atoms with E-state index in [-0.39, 0.29) is 24.3 Å². The van der Waals surface area contributed by atoms with Crippen LogP contribution in [0.5, 0.6) is 0 Å². The predicted molar refractivity (Wildman–Crippen MR) is 85.7 cm³/mol. The average Bonchev–Trinajstić information content (AvgIpc) is 2.75. The fraction of sp³-hybridized carbons (Fsp3) is 0.824. The molecule has 1 spiro atoms. The second-order valence-electron chi connectivity index (χ2n) is 7.23. The Hall–Kier alpha value is -1.59. The number of carbonyl (C=O) groups is 3. The molecule has 2 aliphatic heterocycles. The minimum Gasteiger partial charge on any atom is -0.341 e. The lowest BCUT2D eigenvalue weighted by Crippen LogP contribution is -2.54. The number of hydrogen-bond donors (Lipinski definition) is 1. The van der Waals surface area contributed by atoms with Gasteiger partial charge in [0.1, 0.15) is 12.1 Å². The maximum Gasteiger partial charge on any atom is 0.325 e. The Balaban J connectivity index is 1.69. The van der Waals surface area contributed by atoms with E-state index in [0.717, 1.165) is 62.9 Å². The number of urea groups is 1. The maximum atomic E-state index is 12.9. The van der Waals surface area contributed by atoms with Crippen LogP contribution in [0.3, 0.4) is 0 Å². The molecule has 6 heteroatoms. The minimum atomic E-state index is -0.769. The van der Waals surface area contributed by atoms with Crippen molar-refractivity contribution in [3.8, 4) is 0 Å². The van der Waals surface area contributed by atoms with Gasteiger partial charge in [0.05, 0.1) is 0 Å². The van der Waals surface area contributed by atoms with Crippen LogP contribution in [0.4, 0.5) is 4.79 Å². The summed E-state index contributed by atoms with van der Waals surface area (Å²) in [6.07, 6.45) is 7.98. The van der Waals surface area contributed by atoms with Gasteiger partial charge in [-0.1, -0.05) is 32.6 Å². The molecule has 3 aliphatic rings. The number of hydrogen-bond acceptors (Lipinski definition) is 3. The molecule has 0 aromatic carbocycles. The lowest BCUT2D eigenvalue weighted by atomic mass is 9.73. The van der Waals surface area contributed by atoms with Crippen molar-refractivity contribution in [1.82, 2.24) is 15.1 Å². The first kappa shape index (κ1) is 16.3. The summed E-state index contributed by atoms with van der Waals surface area (Å²) in [6.45, 7) is 3.39. The van der Waals surface area contributed by atoms with E-state index in [4.69, 9.17) is 0 Å². The van der Waals surface area contributed by atoms with Gasteiger partial charge >= 0.3 is 6.03 Å². The van der Waals surface area contributed by atoms with Gasteiger partial charge in [-0.25, -0.2) is 4.79 Å². The number of nitrogens with zero attached hydrogens (tertiary/aromatic N) is 2. The van der Waals surface area contributed by atoms with Gasteiger partial charge in [-0.3, -0.25) is 14.5 Å². The Morgan fingerprint density at radius 1 is 1.13 bits per heavy atom. The topological polar surface area (TPSA) is 69.7 Å². The van der Waals surface area contributed by atoms with Crippen LogP contribution in [-0.2, 0) is 9.59 Å². The van der Waals surface area contributed by atoms with Gasteiger partial charge in [0.2, 0.25) is 5.91 Å². The van der Waals surface area contributed by atoms with Gasteiger partial charge in [0.15, 0.2) is 0 Å². The summed E-state index contributed by atoms with van der Waals surface area (Å²) < 4.78 is 0. The van der Waals surface area contributed by atoms with Gasteiger partial charge in [-0.15, -0.1) is 0 Å². The zero-order valence-corrected chi connectivity index (χ0v) is 14.0. The maximum absolute atomic E-state index is 12.9. The van der Waals surface area contributed by atoms with Crippen molar-refractivity contribution in [1.29, 1.82) is 0 Å². The van der Waals surface area contributed by atoms with Crippen LogP contribution in [-0.4, -0.2) is 52.8 Å². The highest BCUT2D eigenvalue weighted by Crippen LogP contribution is 2.38. The van der Waals surface area contributed by atoms with Crippen LogP contribution in [0.25, 0.3) is 0 Å². The van der Waals surface area contributed by atoms with E-state index in [1.54, 1.807) is 0 Å². The molecule has 2 atom stereocenters. The molecular weight excluding hydrogens is 294 g/mol. The second kappa shape index (κ2) is 6.49. The zero-order chi connectivity index (χ0) is 16.4. The van der Waals surface area contributed by atoms with Crippen LogP contribution in [0, 0.1) is 5.92 Å². The molecule has 0 aromatic heterocycles. The van der Waals surface area contributed by atoms with Crippen LogP contribution in [0.15, 0.2) is 0 Å². The summed E-state index contributed by atoms with van der Waals surface area (Å²) in [5.41, 5.74) is -0.769. The molecule has 0 radical (unpaired) electrons. The molecule has 3 fully saturated rings. The van der Waals surface area contributed by atoms with Crippen LogP contribution >= 0.6 is 0 Å². The molecule has 0 unspecified atom stereocenters. The van der Waals surface area contributed by atoms with E-state index >= 15 is 0 Å². The molecule has 23 heavy (non-hydrogen) atoms. The standard InChI is InChI=1S/C17H27N3O3/c1-13-8-4-5-9-17(13)15(22)20(16(23)18-17)12-14(21)19-10-6-2-3-7-11-19/h13H,2-12H2,1H3,(H,18,23)/t13-,17-/m0/s1. The smallest absolute Gasteiger partial charge is 0.325 e. The average molecular weight is 321 g/mol. The van der Waals surface area contributed by atoms with E-state index in [0.29, 0.717) is 6.42 Å². The number of amides is 4. The second-order valence-corrected chi connectivity index (χ2v) is 7.23. The van der Waals surface area contributed by atoms with Gasteiger partial charge in [-0.05, 0) is 31.6 Å². The summed E-state index contributed by atoms with van der Waals surface area (Å²) >= 11 is 0. The lowest BCUT2D eigenvalue weighted by molar-refractivity contribution is -0.140. The SMILES string of the molecule is C[C@H]1CCCC[C@]12NC(=O)N(CC(=O)N1CCCCCC1)C2=O. The third kappa shape index (κ3) is 2.95. The van der Waals surface area contributed by atoms with Crippen LogP contribution < -0.4 is 5.32 Å². The molecule has 0 aromatic rings. The van der Waals surface area contributed by atoms with Crippen molar-refractivity contribution in [2.24, 2.45) is 5.92 Å². The molecule has 1 aliphatic carbocycles. The zero-order valence-electron chi connectivity index (χ0n) is 14.0. The van der Waals surface area contributed by atoms with Crippen molar-refractivity contribution in [3.63, 3.8) is 0 Å². The Labute approximate surface area is 137 Å². The number of nitrogens with one attached hydrogen (secondary N) is 1. The van der Waals surface area contributed by atoms with Crippen LogP contribution in [0.1, 0.15) is 58.3 Å². The molecule has 0 bridgehead atoms. The van der Waals surface area contributed by atoms with Gasteiger partial charge in [-0.2, -0.15) is 0 Å². The quantitative estimate of drug-likeness (QED) is 0.790. The molecule has 6 nitrogen and oxygen atoms in total. The Morgan fingerprint density at radius 3 is 2.48 bits per heavy atom. The number of imide groups is 1. The van der Waals surface area contributed by atoms with Gasteiger partial charge in [0.25, 0.3) is 5.91 Å². The van der Waals surface area contributed by atoms with Crippen molar-refractivity contribution in [2.45, 2.75) is 63.8 Å². The van der Waals surface area contributed by atoms with E-state index < -0.39 is 11.6 Å². The molecule has 1 saturated carbocycles. The van der Waals surface area contributed by atoms with Gasteiger partial charge < -0.3 is 10.2 Å². The normalized spacial score (nSPS) is 32.1. The molecule has 2 saturated heterocycles. The number of likely N-dealkylation sites (tertiary alicyclic amines) is 1. The van der Waals surface area contributed by atoms with E-state index in [1.807, 2.05) is 11.8 Å². The molecule has 3 rings (SSSR count). The first-order chi connectivity index (χ1) is 11.0. The number of carbonyl (C=O) groups excluding carboxylic acids is 3. The third-order valence-electron chi connectivity index (χ3n) is 5.75. The predicted octanol–water partition coefficient (Wildman–Crippen LogP) is 1.89. The molecule has 2 heterocycles. The van der Waals surface area contributed by atoms with Crippen molar-refractivity contribution < 1.29 is 14.4 Å². The van der Waals surface area contributed by atoms with Crippen molar-refractivity contribution in [3.05, 3.63) is 0 Å². The molecule has 4 amide bonds. The van der Waals surface area contributed by atoms with E-state index in [1.165, 1.54) is 0 Å². The summed E-state index contributed by atoms with van der Waals surface area (Å²) in [6, 6.07) is -0.396. The lowest BCUT2D eigenvalue weighted by Gasteiger charge is -2.36. The largest absolute Gasteiger partial charge is 0.341 e. The highest BCUT2D eigenvalue weighted by atomic mass is 16.2. The summed E-state index contributed by atoms with van der Waals surface area (Å²) in [7, 11) is 0. The number of rotatable bonds is 2. The molecule has 1 N–H and O–H groups in total. The van der Waals surface area contributed by atoms with Gasteiger partial charge in [0, 0.05) is 13.1 Å². The Morgan fingerprint density at radius 2 is 1.83 bits per heavy atom. The fourth-order valence-electron chi connectivity index (χ4n) is 4.19. The summed E-state index contributed by atoms with van der Waals surface area (Å²) in [4.78, 5) is 40.6. The minimum absolute atomic E-state index is 0.101. The molecule has 128 valence electrons. The van der Waals surface area contributed by atoms with E-state index in [2.05, 4.69) is 5.32 Å². The van der Waals surface area contributed by atoms with Crippen LogP contribution in [0.2, 0.25) is 0 Å². The highest BCUT2D eigenvalue weighted by Gasteiger charge is 2.55. The highest BCUT2D eigenvalue weighted by molar-refractivity contribution is 6.09.